The molecule has 2 N–H and O–H groups in total. The third-order valence-electron chi connectivity index (χ3n) is 6.33. The molecule has 0 fully saturated rings. The van der Waals surface area contributed by atoms with Crippen LogP contribution in [0.3, 0.4) is 0 Å². The lowest BCUT2D eigenvalue weighted by molar-refractivity contribution is 0.0697. The standard InChI is InChI=1S/C26H43NO2/c1-2-3-4-5-6-7-8-9-10-11-12-13-14-15-16-17-24-21-23-20-22(26(28)29)18-19-25(23)27-24/h18-20,24,27H,2-17,21H2,1H3,(H,28,29). The monoisotopic (exact) mass is 401 g/mol. The number of benzene rings is 1. The summed E-state index contributed by atoms with van der Waals surface area (Å²) in [6.07, 6.45) is 23.2. The highest BCUT2D eigenvalue weighted by Gasteiger charge is 2.21. The average molecular weight is 402 g/mol. The molecule has 1 aromatic carbocycles. The van der Waals surface area contributed by atoms with Gasteiger partial charge in [-0.15, -0.1) is 0 Å². The van der Waals surface area contributed by atoms with E-state index in [-0.39, 0.29) is 0 Å². The number of carboxylic acid groups (broad SMARTS) is 1. The van der Waals surface area contributed by atoms with Gasteiger partial charge in [0, 0.05) is 11.7 Å². The second kappa shape index (κ2) is 14.5. The molecule has 0 aromatic heterocycles. The number of nitrogens with one attached hydrogen (secondary N) is 1. The van der Waals surface area contributed by atoms with Crippen LogP contribution in [0.1, 0.15) is 126 Å². The molecule has 0 saturated carbocycles. The van der Waals surface area contributed by atoms with Crippen LogP contribution in [0.15, 0.2) is 18.2 Å². The Balaban J connectivity index is 1.37. The minimum absolute atomic E-state index is 0.401. The Hall–Kier alpha value is -1.51. The Morgan fingerprint density at radius 3 is 1.90 bits per heavy atom. The molecule has 0 saturated heterocycles. The normalized spacial score (nSPS) is 15.3. The number of hydrogen-bond donors (Lipinski definition) is 2. The minimum Gasteiger partial charge on any atom is -0.478 e. The molecular weight excluding hydrogens is 358 g/mol. The van der Waals surface area contributed by atoms with Crippen molar-refractivity contribution in [3.8, 4) is 0 Å². The molecule has 164 valence electrons. The van der Waals surface area contributed by atoms with Crippen molar-refractivity contribution in [1.29, 1.82) is 0 Å². The molecule has 0 amide bonds. The number of unbranched alkanes of at least 4 members (excludes halogenated alkanes) is 14. The largest absolute Gasteiger partial charge is 0.478 e. The van der Waals surface area contributed by atoms with Gasteiger partial charge >= 0.3 is 5.97 Å². The predicted octanol–water partition coefficient (Wildman–Crippen LogP) is 7.98. The molecule has 1 aromatic rings. The summed E-state index contributed by atoms with van der Waals surface area (Å²) in [5.74, 6) is -0.835. The smallest absolute Gasteiger partial charge is 0.335 e. The fraction of sp³-hybridized carbons (Fsp3) is 0.731. The summed E-state index contributed by atoms with van der Waals surface area (Å²) in [4.78, 5) is 11.1. The summed E-state index contributed by atoms with van der Waals surface area (Å²) < 4.78 is 0. The average Bonchev–Trinajstić information content (AvgIpc) is 3.12. The Labute approximate surface area is 178 Å². The number of anilines is 1. The van der Waals surface area contributed by atoms with Gasteiger partial charge in [-0.3, -0.25) is 0 Å². The van der Waals surface area contributed by atoms with E-state index in [2.05, 4.69) is 12.2 Å². The van der Waals surface area contributed by atoms with Gasteiger partial charge in [-0.1, -0.05) is 103 Å². The highest BCUT2D eigenvalue weighted by atomic mass is 16.4. The molecule has 1 aliphatic heterocycles. The van der Waals surface area contributed by atoms with Gasteiger partial charge in [-0.25, -0.2) is 4.79 Å². The first-order chi connectivity index (χ1) is 14.2. The Morgan fingerprint density at radius 2 is 1.38 bits per heavy atom. The first-order valence-electron chi connectivity index (χ1n) is 12.3. The number of carboxylic acids is 1. The van der Waals surface area contributed by atoms with Gasteiger partial charge in [0.25, 0.3) is 0 Å². The number of hydrogen-bond acceptors (Lipinski definition) is 2. The quantitative estimate of drug-likeness (QED) is 0.260. The Morgan fingerprint density at radius 1 is 0.862 bits per heavy atom. The second-order valence-corrected chi connectivity index (χ2v) is 8.96. The van der Waals surface area contributed by atoms with Crippen molar-refractivity contribution < 1.29 is 9.90 Å². The SMILES string of the molecule is CCCCCCCCCCCCCCCCCC1Cc2cc(C(=O)O)ccc2N1. The van der Waals surface area contributed by atoms with Gasteiger partial charge in [-0.2, -0.15) is 0 Å². The van der Waals surface area contributed by atoms with Crippen LogP contribution < -0.4 is 5.32 Å². The molecule has 0 bridgehead atoms. The molecule has 0 radical (unpaired) electrons. The Kier molecular flexibility index (Phi) is 11.9. The maximum absolute atomic E-state index is 11.1. The first-order valence-corrected chi connectivity index (χ1v) is 12.3. The lowest BCUT2D eigenvalue weighted by Crippen LogP contribution is -2.14. The molecule has 2 rings (SSSR count). The van der Waals surface area contributed by atoms with Crippen LogP contribution in [0.4, 0.5) is 5.69 Å². The summed E-state index contributed by atoms with van der Waals surface area (Å²) in [5.41, 5.74) is 2.69. The topological polar surface area (TPSA) is 49.3 Å². The molecule has 29 heavy (non-hydrogen) atoms. The van der Waals surface area contributed by atoms with Gasteiger partial charge in [0.15, 0.2) is 0 Å². The van der Waals surface area contributed by atoms with Gasteiger partial charge in [-0.05, 0) is 36.6 Å². The fourth-order valence-corrected chi connectivity index (χ4v) is 4.51. The van der Waals surface area contributed by atoms with E-state index < -0.39 is 5.97 Å². The molecule has 1 aliphatic rings. The van der Waals surface area contributed by atoms with Gasteiger partial charge < -0.3 is 10.4 Å². The van der Waals surface area contributed by atoms with E-state index in [0.29, 0.717) is 11.6 Å². The molecule has 3 nitrogen and oxygen atoms in total. The number of fused-ring (bicyclic) bond motifs is 1. The van der Waals surface area contributed by atoms with Crippen molar-refractivity contribution in [3.63, 3.8) is 0 Å². The summed E-state index contributed by atoms with van der Waals surface area (Å²) >= 11 is 0. The fourth-order valence-electron chi connectivity index (χ4n) is 4.51. The lowest BCUT2D eigenvalue weighted by atomic mass is 10.0. The van der Waals surface area contributed by atoms with Crippen molar-refractivity contribution in [2.45, 2.75) is 122 Å². The maximum atomic E-state index is 11.1. The lowest BCUT2D eigenvalue weighted by Gasteiger charge is -2.10. The van der Waals surface area contributed by atoms with Crippen LogP contribution in [0, 0.1) is 0 Å². The van der Waals surface area contributed by atoms with Gasteiger partial charge in [0.2, 0.25) is 0 Å². The van der Waals surface area contributed by atoms with Crippen molar-refractivity contribution >= 4 is 11.7 Å². The molecule has 1 unspecified atom stereocenters. The summed E-state index contributed by atoms with van der Waals surface area (Å²) in [5, 5.41) is 12.7. The van der Waals surface area contributed by atoms with E-state index in [0.717, 1.165) is 17.7 Å². The highest BCUT2D eigenvalue weighted by molar-refractivity contribution is 5.88. The molecule has 3 heteroatoms. The molecule has 0 aliphatic carbocycles. The van der Waals surface area contributed by atoms with E-state index in [1.807, 2.05) is 12.1 Å². The highest BCUT2D eigenvalue weighted by Crippen LogP contribution is 2.29. The van der Waals surface area contributed by atoms with Crippen LogP contribution >= 0.6 is 0 Å². The molecule has 0 spiro atoms. The van der Waals surface area contributed by atoms with Gasteiger partial charge in [0.05, 0.1) is 5.56 Å². The number of aromatic carboxylic acids is 1. The second-order valence-electron chi connectivity index (χ2n) is 8.96. The Bertz CT molecular complexity index is 584. The number of rotatable bonds is 17. The maximum Gasteiger partial charge on any atom is 0.335 e. The van der Waals surface area contributed by atoms with E-state index in [9.17, 15) is 4.79 Å². The zero-order valence-corrected chi connectivity index (χ0v) is 18.7. The van der Waals surface area contributed by atoms with Crippen LogP contribution in [0.25, 0.3) is 0 Å². The first kappa shape index (κ1) is 23.8. The van der Waals surface area contributed by atoms with Crippen molar-refractivity contribution in [2.24, 2.45) is 0 Å². The zero-order valence-electron chi connectivity index (χ0n) is 18.7. The van der Waals surface area contributed by atoms with Crippen LogP contribution in [-0.4, -0.2) is 17.1 Å². The number of carbonyl (C=O) groups is 1. The van der Waals surface area contributed by atoms with E-state index in [4.69, 9.17) is 5.11 Å². The van der Waals surface area contributed by atoms with E-state index in [1.54, 1.807) is 6.07 Å². The summed E-state index contributed by atoms with van der Waals surface area (Å²) in [7, 11) is 0. The molecular formula is C26H43NO2. The molecule has 1 atom stereocenters. The zero-order chi connectivity index (χ0) is 20.7. The minimum atomic E-state index is -0.835. The summed E-state index contributed by atoms with van der Waals surface area (Å²) in [6, 6.07) is 5.93. The molecule has 1 heterocycles. The van der Waals surface area contributed by atoms with Crippen LogP contribution in [-0.2, 0) is 6.42 Å². The van der Waals surface area contributed by atoms with Crippen molar-refractivity contribution in [2.75, 3.05) is 5.32 Å². The van der Waals surface area contributed by atoms with Crippen molar-refractivity contribution in [3.05, 3.63) is 29.3 Å². The van der Waals surface area contributed by atoms with Crippen LogP contribution in [0.5, 0.6) is 0 Å². The predicted molar refractivity (Wildman–Crippen MR) is 124 cm³/mol. The van der Waals surface area contributed by atoms with Crippen molar-refractivity contribution in [1.82, 2.24) is 0 Å². The third kappa shape index (κ3) is 9.69. The van der Waals surface area contributed by atoms with E-state index >= 15 is 0 Å². The van der Waals surface area contributed by atoms with Crippen LogP contribution in [0.2, 0.25) is 0 Å². The third-order valence-corrected chi connectivity index (χ3v) is 6.33. The summed E-state index contributed by atoms with van der Waals surface area (Å²) in [6.45, 7) is 2.28. The van der Waals surface area contributed by atoms with E-state index in [1.165, 1.54) is 103 Å². The van der Waals surface area contributed by atoms with Gasteiger partial charge in [0.1, 0.15) is 0 Å².